The fourth-order valence-corrected chi connectivity index (χ4v) is 1.84. The van der Waals surface area contributed by atoms with Gasteiger partial charge in [-0.3, -0.25) is 0 Å². The maximum Gasteiger partial charge on any atom is 0.339 e. The number of carboxylic acids is 1. The van der Waals surface area contributed by atoms with Gasteiger partial charge in [-0.1, -0.05) is 5.92 Å². The number of hydrogen-bond acceptors (Lipinski definition) is 4. The SMILES string of the molecule is C#CCSCCNC(=O)Nc1ccc(C(=O)O)c(O)c1. The second kappa shape index (κ2) is 7.96. The Morgan fingerprint density at radius 1 is 1.40 bits per heavy atom. The number of phenols is 1. The molecule has 1 aromatic rings. The minimum Gasteiger partial charge on any atom is -0.507 e. The third-order valence-corrected chi connectivity index (χ3v) is 3.07. The summed E-state index contributed by atoms with van der Waals surface area (Å²) in [7, 11) is 0. The summed E-state index contributed by atoms with van der Waals surface area (Å²) in [5, 5.41) is 23.3. The number of rotatable bonds is 6. The molecule has 2 amide bonds. The quantitative estimate of drug-likeness (QED) is 0.471. The van der Waals surface area contributed by atoms with Gasteiger partial charge in [0.2, 0.25) is 0 Å². The first kappa shape index (κ1) is 15.7. The van der Waals surface area contributed by atoms with Crippen molar-refractivity contribution in [2.45, 2.75) is 0 Å². The number of carboxylic acid groups (broad SMARTS) is 1. The zero-order valence-electron chi connectivity index (χ0n) is 10.5. The minimum absolute atomic E-state index is 0.221. The van der Waals surface area contributed by atoms with E-state index in [1.54, 1.807) is 0 Å². The molecule has 0 unspecified atom stereocenters. The number of aromatic hydroxyl groups is 1. The van der Waals surface area contributed by atoms with Gasteiger partial charge in [-0.05, 0) is 12.1 Å². The van der Waals surface area contributed by atoms with E-state index in [1.165, 1.54) is 30.0 Å². The average molecular weight is 294 g/mol. The molecular formula is C13H14N2O4S. The average Bonchev–Trinajstić information content (AvgIpc) is 2.38. The van der Waals surface area contributed by atoms with Crippen molar-refractivity contribution < 1.29 is 19.8 Å². The van der Waals surface area contributed by atoms with E-state index in [0.29, 0.717) is 23.7 Å². The predicted octanol–water partition coefficient (Wildman–Crippen LogP) is 1.58. The van der Waals surface area contributed by atoms with Crippen LogP contribution in [0.3, 0.4) is 0 Å². The van der Waals surface area contributed by atoms with E-state index in [1.807, 2.05) is 0 Å². The molecule has 0 saturated heterocycles. The van der Waals surface area contributed by atoms with Crippen molar-refractivity contribution in [1.29, 1.82) is 0 Å². The second-order valence-electron chi connectivity index (χ2n) is 3.67. The van der Waals surface area contributed by atoms with Crippen molar-refractivity contribution >= 4 is 29.4 Å². The lowest BCUT2D eigenvalue weighted by Crippen LogP contribution is -2.30. The first-order valence-electron chi connectivity index (χ1n) is 5.67. The molecule has 0 heterocycles. The van der Waals surface area contributed by atoms with Crippen LogP contribution in [0.1, 0.15) is 10.4 Å². The van der Waals surface area contributed by atoms with Crippen LogP contribution >= 0.6 is 11.8 Å². The number of carbonyl (C=O) groups is 2. The predicted molar refractivity (Wildman–Crippen MR) is 78.2 cm³/mol. The Morgan fingerprint density at radius 3 is 2.75 bits per heavy atom. The fraction of sp³-hybridized carbons (Fsp3) is 0.231. The van der Waals surface area contributed by atoms with Crippen molar-refractivity contribution in [2.75, 3.05) is 23.4 Å². The molecule has 0 radical (unpaired) electrons. The fourth-order valence-electron chi connectivity index (χ4n) is 1.33. The largest absolute Gasteiger partial charge is 0.507 e. The lowest BCUT2D eigenvalue weighted by molar-refractivity contribution is 0.0694. The number of carbonyl (C=O) groups excluding carboxylic acids is 1. The molecule has 7 heteroatoms. The molecule has 0 spiro atoms. The van der Waals surface area contributed by atoms with E-state index in [9.17, 15) is 14.7 Å². The molecule has 0 aliphatic carbocycles. The summed E-state index contributed by atoms with van der Waals surface area (Å²) < 4.78 is 0. The van der Waals surface area contributed by atoms with Gasteiger partial charge in [0.05, 0.1) is 5.75 Å². The lowest BCUT2D eigenvalue weighted by Gasteiger charge is -2.08. The summed E-state index contributed by atoms with van der Waals surface area (Å²) in [5.41, 5.74) is 0.0860. The van der Waals surface area contributed by atoms with Gasteiger partial charge >= 0.3 is 12.0 Å². The van der Waals surface area contributed by atoms with Crippen LogP contribution in [0.5, 0.6) is 5.75 Å². The Balaban J connectivity index is 2.44. The number of thioether (sulfide) groups is 1. The topological polar surface area (TPSA) is 98.7 Å². The second-order valence-corrected chi connectivity index (χ2v) is 4.78. The number of nitrogens with one attached hydrogen (secondary N) is 2. The zero-order valence-corrected chi connectivity index (χ0v) is 11.4. The molecule has 0 aliphatic rings. The number of amides is 2. The third-order valence-electron chi connectivity index (χ3n) is 2.20. The van der Waals surface area contributed by atoms with Crippen molar-refractivity contribution in [3.8, 4) is 18.1 Å². The molecule has 4 N–H and O–H groups in total. The van der Waals surface area contributed by atoms with Gasteiger partial charge in [0, 0.05) is 24.1 Å². The molecule has 0 atom stereocenters. The summed E-state index contributed by atoms with van der Waals surface area (Å²) >= 11 is 1.53. The lowest BCUT2D eigenvalue weighted by atomic mass is 10.2. The van der Waals surface area contributed by atoms with E-state index in [4.69, 9.17) is 11.5 Å². The van der Waals surface area contributed by atoms with Crippen molar-refractivity contribution in [3.05, 3.63) is 23.8 Å². The molecular weight excluding hydrogens is 280 g/mol. The van der Waals surface area contributed by atoms with Crippen molar-refractivity contribution in [2.24, 2.45) is 0 Å². The summed E-state index contributed by atoms with van der Waals surface area (Å²) in [5.74, 6) is 2.13. The zero-order chi connectivity index (χ0) is 15.0. The molecule has 0 fully saturated rings. The Bertz CT molecular complexity index is 540. The van der Waals surface area contributed by atoms with Crippen molar-refractivity contribution in [1.82, 2.24) is 5.32 Å². The number of urea groups is 1. The van der Waals surface area contributed by atoms with Crippen LogP contribution in [0.25, 0.3) is 0 Å². The Kier molecular flexibility index (Phi) is 6.26. The molecule has 0 aliphatic heterocycles. The van der Waals surface area contributed by atoms with E-state index in [-0.39, 0.29) is 5.56 Å². The van der Waals surface area contributed by atoms with Crippen LogP contribution in [0.4, 0.5) is 10.5 Å². The molecule has 1 aromatic carbocycles. The molecule has 0 saturated carbocycles. The van der Waals surface area contributed by atoms with Gasteiger partial charge in [0.15, 0.2) is 0 Å². The van der Waals surface area contributed by atoms with Crippen LogP contribution in [-0.4, -0.2) is 40.3 Å². The van der Waals surface area contributed by atoms with Gasteiger partial charge in [0.1, 0.15) is 11.3 Å². The van der Waals surface area contributed by atoms with Gasteiger partial charge in [0.25, 0.3) is 0 Å². The number of anilines is 1. The number of terminal acetylenes is 1. The smallest absolute Gasteiger partial charge is 0.339 e. The Hall–Kier alpha value is -2.33. The number of hydrogen-bond donors (Lipinski definition) is 4. The summed E-state index contributed by atoms with van der Waals surface area (Å²) in [4.78, 5) is 22.2. The number of aromatic carboxylic acids is 1. The van der Waals surface area contributed by atoms with Gasteiger partial charge < -0.3 is 20.8 Å². The third kappa shape index (κ3) is 5.12. The first-order valence-corrected chi connectivity index (χ1v) is 6.82. The highest BCUT2D eigenvalue weighted by Crippen LogP contribution is 2.21. The highest BCUT2D eigenvalue weighted by atomic mass is 32.2. The van der Waals surface area contributed by atoms with Gasteiger partial charge in [-0.15, -0.1) is 18.2 Å². The van der Waals surface area contributed by atoms with Crippen LogP contribution < -0.4 is 10.6 Å². The first-order chi connectivity index (χ1) is 9.54. The van der Waals surface area contributed by atoms with Crippen LogP contribution in [0, 0.1) is 12.3 Å². The molecule has 106 valence electrons. The summed E-state index contributed by atoms with van der Waals surface area (Å²) in [6.45, 7) is 0.456. The number of benzene rings is 1. The van der Waals surface area contributed by atoms with E-state index < -0.39 is 17.7 Å². The summed E-state index contributed by atoms with van der Waals surface area (Å²) in [6, 6.07) is 3.36. The minimum atomic E-state index is -1.23. The normalized spacial score (nSPS) is 9.55. The van der Waals surface area contributed by atoms with Crippen LogP contribution in [0.15, 0.2) is 18.2 Å². The Morgan fingerprint density at radius 2 is 2.15 bits per heavy atom. The highest BCUT2D eigenvalue weighted by Gasteiger charge is 2.10. The van der Waals surface area contributed by atoms with Crippen molar-refractivity contribution in [3.63, 3.8) is 0 Å². The standard InChI is InChI=1S/C13H14N2O4S/c1-2-6-20-7-5-14-13(19)15-9-3-4-10(12(17)18)11(16)8-9/h1,3-4,8,16H,5-7H2,(H,17,18)(H2,14,15,19). The van der Waals surface area contributed by atoms with E-state index in [2.05, 4.69) is 16.6 Å². The molecule has 20 heavy (non-hydrogen) atoms. The van der Waals surface area contributed by atoms with Gasteiger partial charge in [-0.2, -0.15) is 0 Å². The maximum absolute atomic E-state index is 11.5. The van der Waals surface area contributed by atoms with E-state index >= 15 is 0 Å². The Labute approximate surface area is 120 Å². The maximum atomic E-state index is 11.5. The van der Waals surface area contributed by atoms with Crippen LogP contribution in [0.2, 0.25) is 0 Å². The van der Waals surface area contributed by atoms with E-state index in [0.717, 1.165) is 0 Å². The molecule has 0 bridgehead atoms. The van der Waals surface area contributed by atoms with Gasteiger partial charge in [-0.25, -0.2) is 9.59 Å². The summed E-state index contributed by atoms with van der Waals surface area (Å²) in [6.07, 6.45) is 5.08. The highest BCUT2D eigenvalue weighted by molar-refractivity contribution is 7.99. The monoisotopic (exact) mass is 294 g/mol. The molecule has 1 rings (SSSR count). The molecule has 6 nitrogen and oxygen atoms in total. The molecule has 0 aromatic heterocycles. The van der Waals surface area contributed by atoms with Crippen LogP contribution in [-0.2, 0) is 0 Å².